The summed E-state index contributed by atoms with van der Waals surface area (Å²) in [6.07, 6.45) is -0.663. The molecule has 0 unspecified atom stereocenters. The van der Waals surface area contributed by atoms with Gasteiger partial charge in [-0.15, -0.1) is 0 Å². The highest BCUT2D eigenvalue weighted by atomic mass is 19.1. The SMILES string of the molecule is CC1(C)Oc2ccc(C#N)cc2[C@H](NCCC(=O)c2ccc(F)cc2)[C@H]1O. The van der Waals surface area contributed by atoms with Crippen LogP contribution < -0.4 is 10.1 Å². The molecule has 27 heavy (non-hydrogen) atoms. The molecule has 0 saturated carbocycles. The van der Waals surface area contributed by atoms with Crippen molar-refractivity contribution in [2.45, 2.75) is 38.0 Å². The fourth-order valence-electron chi connectivity index (χ4n) is 3.21. The summed E-state index contributed by atoms with van der Waals surface area (Å²) in [5, 5.41) is 23.1. The average Bonchev–Trinajstić information content (AvgIpc) is 2.64. The molecule has 140 valence electrons. The van der Waals surface area contributed by atoms with E-state index in [-0.39, 0.29) is 18.0 Å². The molecular weight excluding hydrogens is 347 g/mol. The van der Waals surface area contributed by atoms with Gasteiger partial charge in [0.1, 0.15) is 23.3 Å². The number of nitriles is 1. The van der Waals surface area contributed by atoms with Gasteiger partial charge in [0.15, 0.2) is 5.78 Å². The zero-order valence-electron chi connectivity index (χ0n) is 15.2. The normalized spacial score (nSPS) is 20.3. The summed E-state index contributed by atoms with van der Waals surface area (Å²) in [7, 11) is 0. The topological polar surface area (TPSA) is 82.3 Å². The number of halogens is 1. The lowest BCUT2D eigenvalue weighted by atomic mass is 9.86. The maximum absolute atomic E-state index is 13.0. The van der Waals surface area contributed by atoms with E-state index in [9.17, 15) is 14.3 Å². The molecular formula is C21H21FN2O3. The van der Waals surface area contributed by atoms with Gasteiger partial charge in [0.2, 0.25) is 0 Å². The summed E-state index contributed by atoms with van der Waals surface area (Å²) >= 11 is 0. The molecule has 0 saturated heterocycles. The third kappa shape index (κ3) is 4.00. The smallest absolute Gasteiger partial charge is 0.164 e. The van der Waals surface area contributed by atoms with E-state index in [1.807, 2.05) is 0 Å². The molecule has 0 amide bonds. The van der Waals surface area contributed by atoms with Crippen molar-refractivity contribution in [3.8, 4) is 11.8 Å². The average molecular weight is 368 g/mol. The van der Waals surface area contributed by atoms with E-state index in [1.54, 1.807) is 32.0 Å². The van der Waals surface area contributed by atoms with Crippen LogP contribution in [0.15, 0.2) is 42.5 Å². The van der Waals surface area contributed by atoms with E-state index in [2.05, 4.69) is 11.4 Å². The molecule has 3 rings (SSSR count). The Morgan fingerprint density at radius 3 is 2.67 bits per heavy atom. The zero-order valence-corrected chi connectivity index (χ0v) is 15.2. The lowest BCUT2D eigenvalue weighted by molar-refractivity contribution is -0.0644. The second-order valence-corrected chi connectivity index (χ2v) is 7.13. The van der Waals surface area contributed by atoms with Gasteiger partial charge in [-0.1, -0.05) is 0 Å². The van der Waals surface area contributed by atoms with Gasteiger partial charge in [-0.25, -0.2) is 4.39 Å². The first-order chi connectivity index (χ1) is 12.8. The first-order valence-corrected chi connectivity index (χ1v) is 8.75. The van der Waals surface area contributed by atoms with Crippen LogP contribution >= 0.6 is 0 Å². The summed E-state index contributed by atoms with van der Waals surface area (Å²) in [6, 6.07) is 12.1. The van der Waals surface area contributed by atoms with Crippen LogP contribution in [0.25, 0.3) is 0 Å². The largest absolute Gasteiger partial charge is 0.485 e. The van der Waals surface area contributed by atoms with Crippen molar-refractivity contribution in [3.63, 3.8) is 0 Å². The Hall–Kier alpha value is -2.75. The maximum atomic E-state index is 13.0. The Kier molecular flexibility index (Phi) is 5.26. The van der Waals surface area contributed by atoms with Crippen LogP contribution in [0.2, 0.25) is 0 Å². The maximum Gasteiger partial charge on any atom is 0.164 e. The Morgan fingerprint density at radius 1 is 1.30 bits per heavy atom. The monoisotopic (exact) mass is 368 g/mol. The number of fused-ring (bicyclic) bond motifs is 1. The molecule has 1 heterocycles. The van der Waals surface area contributed by atoms with Gasteiger partial charge in [0, 0.05) is 24.1 Å². The van der Waals surface area contributed by atoms with E-state index in [0.717, 1.165) is 0 Å². The van der Waals surface area contributed by atoms with E-state index < -0.39 is 17.7 Å². The molecule has 5 nitrogen and oxygen atoms in total. The number of nitrogens with one attached hydrogen (secondary N) is 1. The summed E-state index contributed by atoms with van der Waals surface area (Å²) in [6.45, 7) is 3.90. The predicted molar refractivity (Wildman–Crippen MR) is 98.0 cm³/mol. The predicted octanol–water partition coefficient (Wildman–Crippen LogP) is 3.13. The number of Topliss-reactive ketones (excluding diaryl/α,β-unsaturated/α-hetero) is 1. The molecule has 0 spiro atoms. The van der Waals surface area contributed by atoms with Crippen molar-refractivity contribution in [1.29, 1.82) is 5.26 Å². The highest BCUT2D eigenvalue weighted by Gasteiger charge is 2.42. The Balaban J connectivity index is 1.74. The van der Waals surface area contributed by atoms with Crippen LogP contribution in [-0.4, -0.2) is 29.1 Å². The van der Waals surface area contributed by atoms with Gasteiger partial charge in [0.05, 0.1) is 17.7 Å². The second-order valence-electron chi connectivity index (χ2n) is 7.13. The van der Waals surface area contributed by atoms with Gasteiger partial charge >= 0.3 is 0 Å². The quantitative estimate of drug-likeness (QED) is 0.793. The van der Waals surface area contributed by atoms with Crippen LogP contribution in [0.5, 0.6) is 5.75 Å². The lowest BCUT2D eigenvalue weighted by Gasteiger charge is -2.42. The standard InChI is InChI=1S/C21H21FN2O3/c1-21(2)20(26)19(16-11-13(12-23)3-8-18(16)27-21)24-10-9-17(25)14-4-6-15(22)7-5-14/h3-8,11,19-20,24,26H,9-10H2,1-2H3/t19-,20+/m0/s1. The fraction of sp³-hybridized carbons (Fsp3) is 0.333. The first kappa shape index (κ1) is 19.0. The number of aliphatic hydroxyl groups is 1. The van der Waals surface area contributed by atoms with Crippen molar-refractivity contribution < 1.29 is 19.0 Å². The Morgan fingerprint density at radius 2 is 2.00 bits per heavy atom. The first-order valence-electron chi connectivity index (χ1n) is 8.75. The van der Waals surface area contributed by atoms with Gasteiger partial charge in [-0.2, -0.15) is 5.26 Å². The van der Waals surface area contributed by atoms with E-state index >= 15 is 0 Å². The number of benzene rings is 2. The number of hydrogen-bond donors (Lipinski definition) is 2. The Labute approximate surface area is 157 Å². The van der Waals surface area contributed by atoms with Gasteiger partial charge < -0.3 is 15.2 Å². The number of ether oxygens (including phenoxy) is 1. The van der Waals surface area contributed by atoms with Crippen molar-refractivity contribution in [2.24, 2.45) is 0 Å². The zero-order chi connectivity index (χ0) is 19.6. The van der Waals surface area contributed by atoms with Gasteiger partial charge in [0.25, 0.3) is 0 Å². The summed E-state index contributed by atoms with van der Waals surface area (Å²) in [5.74, 6) is 0.100. The number of hydrogen-bond acceptors (Lipinski definition) is 5. The number of nitrogens with zero attached hydrogens (tertiary/aromatic N) is 1. The minimum absolute atomic E-state index is 0.116. The lowest BCUT2D eigenvalue weighted by Crippen LogP contribution is -2.52. The van der Waals surface area contributed by atoms with Crippen molar-refractivity contribution in [2.75, 3.05) is 6.54 Å². The highest BCUT2D eigenvalue weighted by Crippen LogP contribution is 2.40. The summed E-state index contributed by atoms with van der Waals surface area (Å²) in [4.78, 5) is 12.3. The molecule has 2 aromatic rings. The molecule has 1 aliphatic rings. The second kappa shape index (κ2) is 7.47. The third-order valence-corrected chi connectivity index (χ3v) is 4.76. The number of carbonyl (C=O) groups is 1. The van der Waals surface area contributed by atoms with Crippen LogP contribution in [0.4, 0.5) is 4.39 Å². The Bertz CT molecular complexity index is 887. The van der Waals surface area contributed by atoms with Gasteiger partial charge in [-0.3, -0.25) is 4.79 Å². The molecule has 0 aliphatic carbocycles. The minimum atomic E-state index is -0.861. The minimum Gasteiger partial charge on any atom is -0.485 e. The molecule has 0 fully saturated rings. The van der Waals surface area contributed by atoms with Gasteiger partial charge in [-0.05, 0) is 56.3 Å². The number of rotatable bonds is 5. The highest BCUT2D eigenvalue weighted by molar-refractivity contribution is 5.96. The molecule has 2 atom stereocenters. The number of aliphatic hydroxyl groups excluding tert-OH is 1. The molecule has 6 heteroatoms. The molecule has 1 aliphatic heterocycles. The molecule has 2 aromatic carbocycles. The van der Waals surface area contributed by atoms with E-state index in [0.29, 0.717) is 29.0 Å². The summed E-state index contributed by atoms with van der Waals surface area (Å²) in [5.41, 5.74) is 0.784. The molecule has 2 N–H and O–H groups in total. The van der Waals surface area contributed by atoms with Crippen molar-refractivity contribution in [1.82, 2.24) is 5.32 Å². The number of ketones is 1. The van der Waals surface area contributed by atoms with Crippen LogP contribution in [0.3, 0.4) is 0 Å². The van der Waals surface area contributed by atoms with Crippen LogP contribution in [0.1, 0.15) is 47.8 Å². The molecule has 0 bridgehead atoms. The number of carbonyl (C=O) groups excluding carboxylic acids is 1. The third-order valence-electron chi connectivity index (χ3n) is 4.76. The molecule has 0 radical (unpaired) electrons. The molecule has 0 aromatic heterocycles. The van der Waals surface area contributed by atoms with E-state index in [4.69, 9.17) is 10.00 Å². The van der Waals surface area contributed by atoms with E-state index in [1.165, 1.54) is 24.3 Å². The fourth-order valence-corrected chi connectivity index (χ4v) is 3.21. The van der Waals surface area contributed by atoms with Crippen LogP contribution in [-0.2, 0) is 0 Å². The van der Waals surface area contributed by atoms with Crippen molar-refractivity contribution >= 4 is 5.78 Å². The van der Waals surface area contributed by atoms with Crippen molar-refractivity contribution in [3.05, 3.63) is 65.0 Å². The van der Waals surface area contributed by atoms with Crippen LogP contribution in [0, 0.1) is 17.1 Å². The summed E-state index contributed by atoms with van der Waals surface area (Å²) < 4.78 is 18.8.